The Kier molecular flexibility index (Phi) is 5.53. The molecule has 0 radical (unpaired) electrons. The van der Waals surface area contributed by atoms with Crippen molar-refractivity contribution in [2.45, 2.75) is 38.3 Å². The summed E-state index contributed by atoms with van der Waals surface area (Å²) in [7, 11) is 0. The lowest BCUT2D eigenvalue weighted by Crippen LogP contribution is -2.57. The highest BCUT2D eigenvalue weighted by molar-refractivity contribution is 5.86. The molecule has 1 amide bonds. The molecular weight excluding hydrogens is 334 g/mol. The van der Waals surface area contributed by atoms with Crippen molar-refractivity contribution < 1.29 is 9.90 Å². The summed E-state index contributed by atoms with van der Waals surface area (Å²) in [4.78, 5) is 28.1. The number of likely N-dealkylation sites (tertiary alicyclic amines) is 1. The lowest BCUT2D eigenvalue weighted by Gasteiger charge is -2.38. The molecule has 0 saturated carbocycles. The van der Waals surface area contributed by atoms with Crippen LogP contribution in [0.1, 0.15) is 29.8 Å². The third kappa shape index (κ3) is 4.39. The molecule has 1 saturated heterocycles. The number of nitrogens with one attached hydrogen (secondary N) is 3. The molecule has 0 aliphatic carbocycles. The highest BCUT2D eigenvalue weighted by Gasteiger charge is 2.41. The van der Waals surface area contributed by atoms with Crippen molar-refractivity contribution in [2.24, 2.45) is 0 Å². The van der Waals surface area contributed by atoms with Crippen LogP contribution in [-0.2, 0) is 17.8 Å². The third-order valence-corrected chi connectivity index (χ3v) is 4.67. The van der Waals surface area contributed by atoms with Gasteiger partial charge in [0.2, 0.25) is 0 Å². The van der Waals surface area contributed by atoms with Gasteiger partial charge in [-0.25, -0.2) is 9.89 Å². The van der Waals surface area contributed by atoms with Crippen molar-refractivity contribution >= 4 is 5.91 Å². The van der Waals surface area contributed by atoms with E-state index in [-0.39, 0.29) is 18.1 Å². The van der Waals surface area contributed by atoms with Gasteiger partial charge < -0.3 is 15.3 Å². The zero-order valence-electron chi connectivity index (χ0n) is 14.9. The van der Waals surface area contributed by atoms with Crippen LogP contribution in [0.25, 0.3) is 0 Å². The number of amides is 1. The molecule has 1 aromatic heterocycles. The van der Waals surface area contributed by atoms with Crippen LogP contribution in [0, 0.1) is 6.92 Å². The van der Waals surface area contributed by atoms with Crippen LogP contribution in [0.2, 0.25) is 0 Å². The van der Waals surface area contributed by atoms with E-state index in [0.29, 0.717) is 38.3 Å². The van der Waals surface area contributed by atoms with Gasteiger partial charge in [0.1, 0.15) is 5.82 Å². The van der Waals surface area contributed by atoms with E-state index < -0.39 is 5.60 Å². The normalized spacial score (nSPS) is 20.5. The van der Waals surface area contributed by atoms with Gasteiger partial charge in [-0.3, -0.25) is 9.78 Å². The van der Waals surface area contributed by atoms with Gasteiger partial charge in [-0.2, -0.15) is 5.10 Å². The minimum atomic E-state index is -1.39. The Balaban J connectivity index is 1.54. The molecule has 2 aromatic rings. The number of carbonyl (C=O) groups is 1. The average Bonchev–Trinajstić information content (AvgIpc) is 3.02. The van der Waals surface area contributed by atoms with Gasteiger partial charge in [0.25, 0.3) is 5.91 Å². The number of rotatable bonds is 7. The highest BCUT2D eigenvalue weighted by Crippen LogP contribution is 2.24. The predicted octanol–water partition coefficient (Wildman–Crippen LogP) is 0.0922. The number of carbonyl (C=O) groups excluding carboxylic acids is 1. The van der Waals surface area contributed by atoms with Crippen LogP contribution in [0.4, 0.5) is 0 Å². The molecule has 1 aromatic carbocycles. The maximum Gasteiger partial charge on any atom is 0.340 e. The number of benzene rings is 1. The van der Waals surface area contributed by atoms with Crippen LogP contribution >= 0.6 is 0 Å². The predicted molar refractivity (Wildman–Crippen MR) is 96.6 cm³/mol. The zero-order valence-corrected chi connectivity index (χ0v) is 14.9. The molecule has 0 spiro atoms. The number of aromatic amines is 2. The number of hydrogen-bond acceptors (Lipinski definition) is 5. The van der Waals surface area contributed by atoms with Crippen molar-refractivity contribution in [3.63, 3.8) is 0 Å². The summed E-state index contributed by atoms with van der Waals surface area (Å²) in [5, 5.41) is 20.0. The monoisotopic (exact) mass is 359 g/mol. The fraction of sp³-hybridized carbons (Fsp3) is 0.500. The molecule has 26 heavy (non-hydrogen) atoms. The smallest absolute Gasteiger partial charge is 0.340 e. The number of aliphatic hydroxyl groups is 1. The highest BCUT2D eigenvalue weighted by atomic mass is 16.3. The molecule has 140 valence electrons. The van der Waals surface area contributed by atoms with Gasteiger partial charge in [0.15, 0.2) is 5.60 Å². The van der Waals surface area contributed by atoms with Crippen molar-refractivity contribution in [1.82, 2.24) is 25.4 Å². The molecule has 0 unspecified atom stereocenters. The maximum atomic E-state index is 12.8. The lowest BCUT2D eigenvalue weighted by molar-refractivity contribution is -0.157. The minimum Gasteiger partial charge on any atom is -0.379 e. The molecule has 3 rings (SSSR count). The van der Waals surface area contributed by atoms with Gasteiger partial charge in [-0.15, -0.1) is 0 Å². The van der Waals surface area contributed by atoms with Crippen molar-refractivity contribution in [2.75, 3.05) is 19.6 Å². The summed E-state index contributed by atoms with van der Waals surface area (Å²) in [6, 6.07) is 8.06. The fourth-order valence-corrected chi connectivity index (χ4v) is 3.34. The SMILES string of the molecule is Cc1cccc(CN2CCC[C@@](O)(CNCCc3n[nH]c(=O)[nH]3)C2=O)c1. The number of aromatic nitrogens is 3. The Morgan fingerprint density at radius 2 is 2.23 bits per heavy atom. The van der Waals surface area contributed by atoms with E-state index in [4.69, 9.17) is 0 Å². The molecular formula is C18H25N5O3. The van der Waals surface area contributed by atoms with Gasteiger partial charge in [0, 0.05) is 32.6 Å². The Hall–Kier alpha value is -2.45. The molecule has 1 aliphatic rings. The summed E-state index contributed by atoms with van der Waals surface area (Å²) in [6.45, 7) is 3.88. The van der Waals surface area contributed by atoms with E-state index >= 15 is 0 Å². The second-order valence-electron chi connectivity index (χ2n) is 6.90. The second kappa shape index (κ2) is 7.84. The zero-order chi connectivity index (χ0) is 18.6. The summed E-state index contributed by atoms with van der Waals surface area (Å²) in [5.41, 5.74) is 0.493. The van der Waals surface area contributed by atoms with Crippen molar-refractivity contribution in [3.05, 3.63) is 51.7 Å². The van der Waals surface area contributed by atoms with Crippen LogP contribution in [0.15, 0.2) is 29.1 Å². The minimum absolute atomic E-state index is 0.185. The van der Waals surface area contributed by atoms with Crippen molar-refractivity contribution in [3.8, 4) is 0 Å². The largest absolute Gasteiger partial charge is 0.379 e. The maximum absolute atomic E-state index is 12.8. The number of H-pyrrole nitrogens is 2. The number of piperidine rings is 1. The van der Waals surface area contributed by atoms with E-state index in [9.17, 15) is 14.7 Å². The second-order valence-corrected chi connectivity index (χ2v) is 6.90. The van der Waals surface area contributed by atoms with Crippen LogP contribution in [-0.4, -0.2) is 56.3 Å². The van der Waals surface area contributed by atoms with E-state index in [2.05, 4.69) is 26.6 Å². The Morgan fingerprint density at radius 3 is 2.96 bits per heavy atom. The van der Waals surface area contributed by atoms with E-state index in [1.165, 1.54) is 0 Å². The first-order valence-corrected chi connectivity index (χ1v) is 8.88. The Morgan fingerprint density at radius 1 is 1.38 bits per heavy atom. The number of aryl methyl sites for hydroxylation is 1. The van der Waals surface area contributed by atoms with E-state index in [1.54, 1.807) is 4.90 Å². The Labute approximate surface area is 151 Å². The van der Waals surface area contributed by atoms with Crippen LogP contribution < -0.4 is 11.0 Å². The van der Waals surface area contributed by atoms with Crippen LogP contribution in [0.3, 0.4) is 0 Å². The third-order valence-electron chi connectivity index (χ3n) is 4.67. The van der Waals surface area contributed by atoms with E-state index in [0.717, 1.165) is 17.5 Å². The number of hydrogen-bond donors (Lipinski definition) is 4. The molecule has 4 N–H and O–H groups in total. The van der Waals surface area contributed by atoms with Gasteiger partial charge in [-0.05, 0) is 25.3 Å². The molecule has 1 aliphatic heterocycles. The first-order valence-electron chi connectivity index (χ1n) is 8.88. The average molecular weight is 359 g/mol. The molecule has 1 atom stereocenters. The molecule has 2 heterocycles. The van der Waals surface area contributed by atoms with Crippen molar-refractivity contribution in [1.29, 1.82) is 0 Å². The first kappa shape index (κ1) is 18.3. The molecule has 8 nitrogen and oxygen atoms in total. The molecule has 0 bridgehead atoms. The lowest BCUT2D eigenvalue weighted by atomic mass is 9.91. The summed E-state index contributed by atoms with van der Waals surface area (Å²) in [6.07, 6.45) is 1.72. The van der Waals surface area contributed by atoms with Crippen LogP contribution in [0.5, 0.6) is 0 Å². The molecule has 8 heteroatoms. The Bertz CT molecular complexity index is 815. The summed E-state index contributed by atoms with van der Waals surface area (Å²) in [5.74, 6) is 0.316. The summed E-state index contributed by atoms with van der Waals surface area (Å²) >= 11 is 0. The van der Waals surface area contributed by atoms with Gasteiger partial charge >= 0.3 is 5.69 Å². The molecule has 1 fully saturated rings. The topological polar surface area (TPSA) is 114 Å². The first-order chi connectivity index (χ1) is 12.5. The van der Waals surface area contributed by atoms with E-state index in [1.807, 2.05) is 25.1 Å². The quantitative estimate of drug-likeness (QED) is 0.523. The number of nitrogens with zero attached hydrogens (tertiary/aromatic N) is 2. The summed E-state index contributed by atoms with van der Waals surface area (Å²) < 4.78 is 0. The fourth-order valence-electron chi connectivity index (χ4n) is 3.34. The standard InChI is InChI=1S/C18H25N5O3/c1-13-4-2-5-14(10-13)11-23-9-3-7-18(26,16(23)24)12-19-8-6-15-20-17(25)22-21-15/h2,4-5,10,19,26H,3,6-9,11-12H2,1H3,(H2,20,21,22,25)/t18-/m1/s1. The van der Waals surface area contributed by atoms with Gasteiger partial charge in [0.05, 0.1) is 0 Å². The van der Waals surface area contributed by atoms with Gasteiger partial charge in [-0.1, -0.05) is 29.8 Å².